The Kier molecular flexibility index (Phi) is 5.82. The largest absolute Gasteiger partial charge is 0.444 e. The van der Waals surface area contributed by atoms with Gasteiger partial charge in [-0.25, -0.2) is 13.2 Å². The lowest BCUT2D eigenvalue weighted by molar-refractivity contribution is 0.0240. The fourth-order valence-electron chi connectivity index (χ4n) is 2.53. The second-order valence-electron chi connectivity index (χ2n) is 6.98. The molecular formula is C17H27N3O4S. The molecule has 1 amide bonds. The minimum atomic E-state index is -3.34. The van der Waals surface area contributed by atoms with Crippen molar-refractivity contribution < 1.29 is 17.9 Å². The van der Waals surface area contributed by atoms with Gasteiger partial charge in [0.25, 0.3) is 0 Å². The molecule has 25 heavy (non-hydrogen) atoms. The van der Waals surface area contributed by atoms with Crippen molar-refractivity contribution in [2.45, 2.75) is 33.3 Å². The standard InChI is InChI=1S/C17H27N3O4S/c1-5-25(22,23)18-14-8-6-7-9-15(14)19-10-12-20(13-11-19)16(21)24-17(2,3)4/h6-9,18H,5,10-13H2,1-4H3. The third kappa shape index (κ3) is 5.52. The van der Waals surface area contributed by atoms with E-state index in [-0.39, 0.29) is 11.8 Å². The molecule has 1 heterocycles. The van der Waals surface area contributed by atoms with E-state index in [2.05, 4.69) is 9.62 Å². The summed E-state index contributed by atoms with van der Waals surface area (Å²) in [6.45, 7) is 9.43. The van der Waals surface area contributed by atoms with E-state index in [1.54, 1.807) is 24.0 Å². The number of ether oxygens (including phenoxy) is 1. The van der Waals surface area contributed by atoms with Crippen LogP contribution in [0.4, 0.5) is 16.2 Å². The smallest absolute Gasteiger partial charge is 0.410 e. The molecule has 1 N–H and O–H groups in total. The highest BCUT2D eigenvalue weighted by Crippen LogP contribution is 2.27. The molecule has 1 aromatic carbocycles. The van der Waals surface area contributed by atoms with Gasteiger partial charge in [0.05, 0.1) is 17.1 Å². The summed E-state index contributed by atoms with van der Waals surface area (Å²) in [6.07, 6.45) is -0.313. The summed E-state index contributed by atoms with van der Waals surface area (Å²) in [7, 11) is -3.34. The van der Waals surface area contributed by atoms with Crippen molar-refractivity contribution in [3.05, 3.63) is 24.3 Å². The molecule has 2 rings (SSSR count). The van der Waals surface area contributed by atoms with E-state index < -0.39 is 15.6 Å². The number of carbonyl (C=O) groups excluding carboxylic acids is 1. The Hall–Kier alpha value is -1.96. The number of nitrogens with one attached hydrogen (secondary N) is 1. The summed E-state index contributed by atoms with van der Waals surface area (Å²) in [6, 6.07) is 7.31. The molecule has 0 spiro atoms. The average Bonchev–Trinajstić information content (AvgIpc) is 2.54. The van der Waals surface area contributed by atoms with Crippen LogP contribution in [0.25, 0.3) is 0 Å². The highest BCUT2D eigenvalue weighted by molar-refractivity contribution is 7.92. The second kappa shape index (κ2) is 7.51. The van der Waals surface area contributed by atoms with Crippen LogP contribution in [0.3, 0.4) is 0 Å². The summed E-state index contributed by atoms with van der Waals surface area (Å²) in [5.74, 6) is 0.0216. The molecule has 1 saturated heterocycles. The maximum atomic E-state index is 12.1. The first-order valence-electron chi connectivity index (χ1n) is 8.44. The van der Waals surface area contributed by atoms with E-state index in [1.807, 2.05) is 32.9 Å². The second-order valence-corrected chi connectivity index (χ2v) is 8.99. The lowest BCUT2D eigenvalue weighted by atomic mass is 10.2. The fourth-order valence-corrected chi connectivity index (χ4v) is 3.18. The van der Waals surface area contributed by atoms with E-state index in [0.717, 1.165) is 5.69 Å². The molecule has 0 aliphatic carbocycles. The zero-order chi connectivity index (χ0) is 18.7. The Labute approximate surface area is 150 Å². The van der Waals surface area contributed by atoms with E-state index in [4.69, 9.17) is 4.74 Å². The number of hydrogen-bond acceptors (Lipinski definition) is 5. The molecule has 0 unspecified atom stereocenters. The number of rotatable bonds is 4. The Morgan fingerprint density at radius 2 is 1.76 bits per heavy atom. The van der Waals surface area contributed by atoms with Crippen LogP contribution in [0.15, 0.2) is 24.3 Å². The molecule has 1 aliphatic heterocycles. The number of benzene rings is 1. The first-order chi connectivity index (χ1) is 11.6. The van der Waals surface area contributed by atoms with Crippen molar-refractivity contribution in [1.82, 2.24) is 4.90 Å². The maximum absolute atomic E-state index is 12.1. The van der Waals surface area contributed by atoms with Gasteiger partial charge in [-0.2, -0.15) is 0 Å². The summed E-state index contributed by atoms with van der Waals surface area (Å²) < 4.78 is 31.8. The topological polar surface area (TPSA) is 79.0 Å². The highest BCUT2D eigenvalue weighted by atomic mass is 32.2. The molecule has 1 aliphatic rings. The first-order valence-corrected chi connectivity index (χ1v) is 10.1. The van der Waals surface area contributed by atoms with E-state index in [9.17, 15) is 13.2 Å². The molecule has 0 atom stereocenters. The molecule has 140 valence electrons. The zero-order valence-electron chi connectivity index (χ0n) is 15.3. The maximum Gasteiger partial charge on any atom is 0.410 e. The molecule has 1 aromatic rings. The van der Waals surface area contributed by atoms with E-state index in [0.29, 0.717) is 31.9 Å². The molecular weight excluding hydrogens is 342 g/mol. The summed E-state index contributed by atoms with van der Waals surface area (Å²) in [5.41, 5.74) is 0.873. The van der Waals surface area contributed by atoms with Crippen LogP contribution in [0.5, 0.6) is 0 Å². The minimum absolute atomic E-state index is 0.0216. The molecule has 0 bridgehead atoms. The van der Waals surface area contributed by atoms with Gasteiger partial charge in [0, 0.05) is 26.2 Å². The zero-order valence-corrected chi connectivity index (χ0v) is 16.1. The van der Waals surface area contributed by atoms with Crippen LogP contribution in [0, 0.1) is 0 Å². The lowest BCUT2D eigenvalue weighted by Gasteiger charge is -2.37. The van der Waals surface area contributed by atoms with Gasteiger partial charge in [0.15, 0.2) is 0 Å². The van der Waals surface area contributed by atoms with Gasteiger partial charge in [0.2, 0.25) is 10.0 Å². The van der Waals surface area contributed by atoms with Gasteiger partial charge in [-0.3, -0.25) is 4.72 Å². The lowest BCUT2D eigenvalue weighted by Crippen LogP contribution is -2.50. The average molecular weight is 369 g/mol. The molecule has 7 nitrogen and oxygen atoms in total. The number of para-hydroxylation sites is 2. The van der Waals surface area contributed by atoms with E-state index >= 15 is 0 Å². The Balaban J connectivity index is 2.05. The molecule has 0 aromatic heterocycles. The van der Waals surface area contributed by atoms with Crippen LogP contribution in [-0.2, 0) is 14.8 Å². The normalized spacial score (nSPS) is 15.8. The predicted octanol–water partition coefficient (Wildman–Crippen LogP) is 2.51. The predicted molar refractivity (Wildman–Crippen MR) is 99.5 cm³/mol. The Bertz CT molecular complexity index is 705. The van der Waals surface area contributed by atoms with Gasteiger partial charge in [-0.1, -0.05) is 12.1 Å². The van der Waals surface area contributed by atoms with Crippen LogP contribution in [-0.4, -0.2) is 56.9 Å². The van der Waals surface area contributed by atoms with Crippen LogP contribution < -0.4 is 9.62 Å². The number of sulfonamides is 1. The molecule has 0 saturated carbocycles. The molecule has 1 fully saturated rings. The number of amides is 1. The number of piperazine rings is 1. The van der Waals surface area contributed by atoms with Gasteiger partial charge in [-0.05, 0) is 39.8 Å². The Morgan fingerprint density at radius 3 is 2.32 bits per heavy atom. The van der Waals surface area contributed by atoms with Crippen molar-refractivity contribution in [2.75, 3.05) is 41.6 Å². The van der Waals surface area contributed by atoms with Crippen LogP contribution in [0.2, 0.25) is 0 Å². The number of hydrogen-bond donors (Lipinski definition) is 1. The third-order valence-electron chi connectivity index (χ3n) is 3.82. The van der Waals surface area contributed by atoms with Gasteiger partial charge < -0.3 is 14.5 Å². The molecule has 0 radical (unpaired) electrons. The van der Waals surface area contributed by atoms with Crippen molar-refractivity contribution in [1.29, 1.82) is 0 Å². The highest BCUT2D eigenvalue weighted by Gasteiger charge is 2.27. The number of anilines is 2. The third-order valence-corrected chi connectivity index (χ3v) is 5.11. The van der Waals surface area contributed by atoms with Crippen LogP contribution in [0.1, 0.15) is 27.7 Å². The summed E-state index contributed by atoms with van der Waals surface area (Å²) in [4.78, 5) is 15.9. The van der Waals surface area contributed by atoms with Gasteiger partial charge >= 0.3 is 6.09 Å². The van der Waals surface area contributed by atoms with Crippen molar-refractivity contribution in [3.8, 4) is 0 Å². The monoisotopic (exact) mass is 369 g/mol. The SMILES string of the molecule is CCS(=O)(=O)Nc1ccccc1N1CCN(C(=O)OC(C)(C)C)CC1. The molecule has 8 heteroatoms. The number of nitrogens with zero attached hydrogens (tertiary/aromatic N) is 2. The van der Waals surface area contributed by atoms with Crippen molar-refractivity contribution in [3.63, 3.8) is 0 Å². The van der Waals surface area contributed by atoms with Crippen LogP contribution >= 0.6 is 0 Å². The summed E-state index contributed by atoms with van der Waals surface area (Å²) >= 11 is 0. The van der Waals surface area contributed by atoms with Crippen molar-refractivity contribution >= 4 is 27.5 Å². The first kappa shape index (κ1) is 19.4. The minimum Gasteiger partial charge on any atom is -0.444 e. The van der Waals surface area contributed by atoms with Gasteiger partial charge in [0.1, 0.15) is 5.60 Å². The quantitative estimate of drug-likeness (QED) is 0.882. The fraction of sp³-hybridized carbons (Fsp3) is 0.588. The van der Waals surface area contributed by atoms with Gasteiger partial charge in [-0.15, -0.1) is 0 Å². The Morgan fingerprint density at radius 1 is 1.16 bits per heavy atom. The summed E-state index contributed by atoms with van der Waals surface area (Å²) in [5, 5.41) is 0. The number of carbonyl (C=O) groups is 1. The van der Waals surface area contributed by atoms with E-state index in [1.165, 1.54) is 0 Å². The van der Waals surface area contributed by atoms with Crippen molar-refractivity contribution in [2.24, 2.45) is 0 Å².